The Labute approximate surface area is 542 Å². The van der Waals surface area contributed by atoms with Crippen molar-refractivity contribution in [2.75, 3.05) is 47.5 Å². The van der Waals surface area contributed by atoms with E-state index in [0.29, 0.717) is 17.4 Å². The second-order valence-electron chi connectivity index (χ2n) is 24.5. The van der Waals surface area contributed by atoms with Crippen LogP contribution in [0.4, 0.5) is 0 Å². The standard InChI is InChI=1S/C78H132NO8P/c1-6-8-10-12-14-16-18-20-22-24-26-28-30-32-34-36-38-39-41-43-45-47-49-51-53-55-57-59-61-63-65-67-69-71-78(81)87-76(75-86-88(82,83)85-73-72-79(3,4)5)74-84-77(80)70-68-66-64-62-60-58-56-54-52-50-48-46-44-42-40-37-35-33-31-29-27-25-23-21-19-17-15-13-11-9-7-2/h8-11,14-17,20-23,26-29,32,34,38-39,43,45,49,51,76H,6-7,12-13,18-19,24-25,30-31,33,35-37,40-42,44,46-48,50,52-75H2,1-5H3/p+1/b10-8-,11-9-,16-14-,17-15-,22-20-,23-21-,28-26-,29-27-,34-32-,39-38-,45-43-,51-49-. The molecule has 0 aromatic rings. The molecule has 0 spiro atoms. The highest BCUT2D eigenvalue weighted by atomic mass is 31.2. The molecule has 0 radical (unpaired) electrons. The molecule has 0 fully saturated rings. The first-order valence-electron chi connectivity index (χ1n) is 35.6. The number of hydrogen-bond donors (Lipinski definition) is 1. The van der Waals surface area contributed by atoms with E-state index < -0.39 is 26.5 Å². The minimum atomic E-state index is -4.40. The molecule has 0 bridgehead atoms. The molecule has 0 aliphatic carbocycles. The Morgan fingerprint density at radius 1 is 0.352 bits per heavy atom. The van der Waals surface area contributed by atoms with Gasteiger partial charge in [0, 0.05) is 12.8 Å². The Balaban J connectivity index is 4.09. The lowest BCUT2D eigenvalue weighted by atomic mass is 10.0. The van der Waals surface area contributed by atoms with E-state index in [-0.39, 0.29) is 32.0 Å². The molecule has 0 amide bonds. The molecule has 0 aliphatic heterocycles. The number of unbranched alkanes of at least 4 members (excludes halogenated alkanes) is 26. The number of esters is 2. The van der Waals surface area contributed by atoms with Crippen molar-refractivity contribution in [3.05, 3.63) is 146 Å². The van der Waals surface area contributed by atoms with E-state index in [2.05, 4.69) is 160 Å². The molecule has 0 saturated heterocycles. The summed E-state index contributed by atoms with van der Waals surface area (Å²) in [5.41, 5.74) is 0. The van der Waals surface area contributed by atoms with E-state index in [0.717, 1.165) is 122 Å². The fraction of sp³-hybridized carbons (Fsp3) is 0.667. The first kappa shape index (κ1) is 83.9. The average Bonchev–Trinajstić information content (AvgIpc) is 3.56. The minimum Gasteiger partial charge on any atom is -0.462 e. The Kier molecular flexibility index (Phi) is 64.1. The summed E-state index contributed by atoms with van der Waals surface area (Å²) in [4.78, 5) is 35.9. The van der Waals surface area contributed by atoms with Crippen molar-refractivity contribution in [2.45, 2.75) is 290 Å². The van der Waals surface area contributed by atoms with Gasteiger partial charge in [0.05, 0.1) is 27.7 Å². The number of carbonyl (C=O) groups is 2. The van der Waals surface area contributed by atoms with E-state index in [1.807, 2.05) is 21.1 Å². The quantitative estimate of drug-likeness (QED) is 0.0211. The van der Waals surface area contributed by atoms with Gasteiger partial charge >= 0.3 is 19.8 Å². The van der Waals surface area contributed by atoms with Gasteiger partial charge < -0.3 is 18.9 Å². The van der Waals surface area contributed by atoms with E-state index in [9.17, 15) is 19.0 Å². The number of phosphoric ester groups is 1. The second-order valence-corrected chi connectivity index (χ2v) is 26.0. The topological polar surface area (TPSA) is 108 Å². The van der Waals surface area contributed by atoms with Crippen LogP contribution >= 0.6 is 7.82 Å². The SMILES string of the molecule is CC/C=C\C/C=C\C/C=C\C/C=C\C/C=C\C/C=C\C/C=C\C/C=C\CCCCCCCCCCC(=O)OC(COC(=O)CCCCCCCCCCCCCCCCCCCC/C=C\C/C=C\C/C=C\C/C=C\CC)COP(=O)(O)OCC[N+](C)(C)C. The van der Waals surface area contributed by atoms with Crippen molar-refractivity contribution < 1.29 is 42.1 Å². The van der Waals surface area contributed by atoms with Crippen LogP contribution in [0.2, 0.25) is 0 Å². The highest BCUT2D eigenvalue weighted by molar-refractivity contribution is 7.47. The van der Waals surface area contributed by atoms with Crippen LogP contribution in [0, 0.1) is 0 Å². The summed E-state index contributed by atoms with van der Waals surface area (Å²) >= 11 is 0. The van der Waals surface area contributed by atoms with Crippen LogP contribution in [0.15, 0.2) is 146 Å². The molecule has 0 aromatic heterocycles. The fourth-order valence-corrected chi connectivity index (χ4v) is 10.2. The number of hydrogen-bond acceptors (Lipinski definition) is 7. The number of carbonyl (C=O) groups excluding carboxylic acids is 2. The Bertz CT molecular complexity index is 2000. The summed E-state index contributed by atoms with van der Waals surface area (Å²) in [5, 5.41) is 0. The lowest BCUT2D eigenvalue weighted by molar-refractivity contribution is -0.870. The summed E-state index contributed by atoms with van der Waals surface area (Å²) in [6.45, 7) is 4.21. The largest absolute Gasteiger partial charge is 0.472 e. The van der Waals surface area contributed by atoms with Gasteiger partial charge in [-0.3, -0.25) is 18.6 Å². The van der Waals surface area contributed by atoms with Crippen molar-refractivity contribution in [2.24, 2.45) is 0 Å². The first-order valence-corrected chi connectivity index (χ1v) is 37.1. The van der Waals surface area contributed by atoms with Gasteiger partial charge in [0.25, 0.3) is 0 Å². The molecule has 2 atom stereocenters. The number of rotatable bonds is 64. The van der Waals surface area contributed by atoms with Crippen molar-refractivity contribution >= 4 is 19.8 Å². The molecule has 0 aromatic carbocycles. The van der Waals surface area contributed by atoms with Gasteiger partial charge in [-0.05, 0) is 116 Å². The summed E-state index contributed by atoms with van der Waals surface area (Å²) in [6, 6.07) is 0. The van der Waals surface area contributed by atoms with Crippen molar-refractivity contribution in [1.82, 2.24) is 0 Å². The Morgan fingerprint density at radius 2 is 0.614 bits per heavy atom. The predicted octanol–water partition coefficient (Wildman–Crippen LogP) is 23.4. The van der Waals surface area contributed by atoms with Crippen LogP contribution in [-0.4, -0.2) is 74.9 Å². The van der Waals surface area contributed by atoms with Crippen LogP contribution in [0.25, 0.3) is 0 Å². The van der Waals surface area contributed by atoms with Crippen LogP contribution in [0.1, 0.15) is 284 Å². The number of likely N-dealkylation sites (N-methyl/N-ethyl adjacent to an activating group) is 1. The number of nitrogens with zero attached hydrogens (tertiary/aromatic N) is 1. The lowest BCUT2D eigenvalue weighted by Gasteiger charge is -2.24. The molecule has 88 heavy (non-hydrogen) atoms. The maximum absolute atomic E-state index is 12.9. The first-order chi connectivity index (χ1) is 43.0. The zero-order valence-electron chi connectivity index (χ0n) is 57.2. The maximum atomic E-state index is 12.9. The molecular weight excluding hydrogens is 1110 g/mol. The van der Waals surface area contributed by atoms with Gasteiger partial charge in [-0.15, -0.1) is 0 Å². The van der Waals surface area contributed by atoms with Crippen LogP contribution < -0.4 is 0 Å². The lowest BCUT2D eigenvalue weighted by Crippen LogP contribution is -2.37. The molecule has 502 valence electrons. The second kappa shape index (κ2) is 67.3. The Hall–Kier alpha value is -4.11. The van der Waals surface area contributed by atoms with Crippen LogP contribution in [-0.2, 0) is 32.7 Å². The third kappa shape index (κ3) is 71.0. The summed E-state index contributed by atoms with van der Waals surface area (Å²) in [6.07, 6.45) is 99.5. The zero-order valence-corrected chi connectivity index (χ0v) is 58.1. The van der Waals surface area contributed by atoms with Gasteiger partial charge in [-0.1, -0.05) is 301 Å². The maximum Gasteiger partial charge on any atom is 0.472 e. The highest BCUT2D eigenvalue weighted by Gasteiger charge is 2.27. The molecule has 10 heteroatoms. The van der Waals surface area contributed by atoms with Crippen LogP contribution in [0.3, 0.4) is 0 Å². The van der Waals surface area contributed by atoms with Crippen molar-refractivity contribution in [3.8, 4) is 0 Å². The zero-order chi connectivity index (χ0) is 64.1. The van der Waals surface area contributed by atoms with Gasteiger partial charge in [0.1, 0.15) is 19.8 Å². The number of phosphoric acid groups is 1. The molecular formula is C78H133NO8P+. The minimum absolute atomic E-state index is 0.0239. The summed E-state index contributed by atoms with van der Waals surface area (Å²) in [5.74, 6) is -0.807. The molecule has 0 rings (SSSR count). The van der Waals surface area contributed by atoms with Crippen LogP contribution in [0.5, 0.6) is 0 Å². The Morgan fingerprint density at radius 3 is 0.909 bits per heavy atom. The van der Waals surface area contributed by atoms with Crippen molar-refractivity contribution in [1.29, 1.82) is 0 Å². The van der Waals surface area contributed by atoms with E-state index >= 15 is 0 Å². The van der Waals surface area contributed by atoms with Gasteiger partial charge in [0.15, 0.2) is 6.10 Å². The molecule has 2 unspecified atom stereocenters. The third-order valence-electron chi connectivity index (χ3n) is 14.9. The molecule has 0 aliphatic rings. The average molecular weight is 1240 g/mol. The fourth-order valence-electron chi connectivity index (χ4n) is 9.50. The van der Waals surface area contributed by atoms with E-state index in [4.69, 9.17) is 18.5 Å². The summed E-state index contributed by atoms with van der Waals surface area (Å²) < 4.78 is 34.7. The summed E-state index contributed by atoms with van der Waals surface area (Å²) in [7, 11) is 1.46. The normalized spacial score (nSPS) is 14.0. The predicted molar refractivity (Wildman–Crippen MR) is 380 cm³/mol. The monoisotopic (exact) mass is 1240 g/mol. The third-order valence-corrected chi connectivity index (χ3v) is 15.8. The molecule has 9 nitrogen and oxygen atoms in total. The number of allylic oxidation sites excluding steroid dienone is 24. The van der Waals surface area contributed by atoms with Crippen molar-refractivity contribution in [3.63, 3.8) is 0 Å². The number of quaternary nitrogens is 1. The van der Waals surface area contributed by atoms with E-state index in [1.54, 1.807) is 0 Å². The van der Waals surface area contributed by atoms with Gasteiger partial charge in [-0.25, -0.2) is 4.57 Å². The molecule has 0 heterocycles. The highest BCUT2D eigenvalue weighted by Crippen LogP contribution is 2.43. The molecule has 1 N–H and O–H groups in total. The molecule has 0 saturated carbocycles. The smallest absolute Gasteiger partial charge is 0.462 e. The van der Waals surface area contributed by atoms with Gasteiger partial charge in [0.2, 0.25) is 0 Å². The number of ether oxygens (including phenoxy) is 2. The van der Waals surface area contributed by atoms with Gasteiger partial charge in [-0.2, -0.15) is 0 Å². The van der Waals surface area contributed by atoms with E-state index in [1.165, 1.54) is 128 Å².